The highest BCUT2D eigenvalue weighted by Gasteiger charge is 2.34. The zero-order valence-electron chi connectivity index (χ0n) is 19.5. The van der Waals surface area contributed by atoms with E-state index in [9.17, 15) is 9.59 Å². The number of carbonyl (C=O) groups excluding carboxylic acids is 1. The van der Waals surface area contributed by atoms with Crippen molar-refractivity contribution in [2.24, 2.45) is 7.05 Å². The minimum atomic E-state index is -0.529. The number of fused-ring (bicyclic) bond motifs is 1. The van der Waals surface area contributed by atoms with Crippen molar-refractivity contribution in [1.82, 2.24) is 29.3 Å². The molecule has 0 fully saturated rings. The van der Waals surface area contributed by atoms with Gasteiger partial charge in [-0.2, -0.15) is 0 Å². The average molecular weight is 456 g/mol. The van der Waals surface area contributed by atoms with Gasteiger partial charge in [-0.15, -0.1) is 10.2 Å². The molecular formula is C25H25N7O2. The number of carbonyl (C=O) groups is 1. The normalized spacial score (nSPS) is 14.1. The molecule has 0 atom stereocenters. The van der Waals surface area contributed by atoms with Gasteiger partial charge in [-0.3, -0.25) is 14.6 Å². The van der Waals surface area contributed by atoms with E-state index >= 15 is 0 Å². The van der Waals surface area contributed by atoms with Gasteiger partial charge in [0.25, 0.3) is 11.5 Å². The molecule has 1 aliphatic rings. The molecule has 34 heavy (non-hydrogen) atoms. The number of rotatable bonds is 4. The average Bonchev–Trinajstić information content (AvgIpc) is 3.37. The molecule has 0 saturated carbocycles. The first-order valence-corrected chi connectivity index (χ1v) is 11.1. The van der Waals surface area contributed by atoms with Gasteiger partial charge in [-0.25, -0.2) is 4.98 Å². The van der Waals surface area contributed by atoms with Crippen LogP contribution in [0, 0.1) is 6.92 Å². The molecule has 1 N–H and O–H groups in total. The van der Waals surface area contributed by atoms with Gasteiger partial charge >= 0.3 is 0 Å². The molecule has 0 aromatic carbocycles. The minimum Gasteiger partial charge on any atom is -0.317 e. The molecule has 0 spiro atoms. The van der Waals surface area contributed by atoms with E-state index in [2.05, 4.69) is 43.9 Å². The van der Waals surface area contributed by atoms with Crippen LogP contribution in [0.5, 0.6) is 0 Å². The number of anilines is 1. The molecule has 9 nitrogen and oxygen atoms in total. The van der Waals surface area contributed by atoms with Crippen LogP contribution in [0.2, 0.25) is 0 Å². The topological polar surface area (TPSA) is 108 Å². The first-order valence-electron chi connectivity index (χ1n) is 11.1. The highest BCUT2D eigenvalue weighted by atomic mass is 16.2. The Balaban J connectivity index is 1.46. The lowest BCUT2D eigenvalue weighted by molar-refractivity contribution is 0.102. The van der Waals surface area contributed by atoms with Crippen molar-refractivity contribution < 1.29 is 4.79 Å². The van der Waals surface area contributed by atoms with Crippen LogP contribution in [0.3, 0.4) is 0 Å². The van der Waals surface area contributed by atoms with Gasteiger partial charge in [0, 0.05) is 48.2 Å². The maximum atomic E-state index is 13.1. The molecule has 5 heterocycles. The fraction of sp³-hybridized carbons (Fsp3) is 0.280. The molecule has 0 saturated heterocycles. The van der Waals surface area contributed by atoms with E-state index in [1.807, 2.05) is 25.1 Å². The van der Waals surface area contributed by atoms with Gasteiger partial charge in [-0.05, 0) is 51.5 Å². The summed E-state index contributed by atoms with van der Waals surface area (Å²) in [5.41, 5.74) is 2.57. The fourth-order valence-corrected chi connectivity index (χ4v) is 4.29. The Morgan fingerprint density at radius 2 is 1.94 bits per heavy atom. The summed E-state index contributed by atoms with van der Waals surface area (Å²) in [6.45, 7) is 6.20. The molecule has 0 bridgehead atoms. The summed E-state index contributed by atoms with van der Waals surface area (Å²) in [4.78, 5) is 34.7. The number of hydrogen-bond acceptors (Lipinski definition) is 6. The summed E-state index contributed by atoms with van der Waals surface area (Å²) in [7, 11) is 1.62. The highest BCUT2D eigenvalue weighted by Crippen LogP contribution is 2.34. The van der Waals surface area contributed by atoms with Gasteiger partial charge in [0.1, 0.15) is 22.9 Å². The summed E-state index contributed by atoms with van der Waals surface area (Å²) in [5.74, 6) is 1.40. The van der Waals surface area contributed by atoms with Crippen LogP contribution >= 0.6 is 0 Å². The number of hydrogen-bond donors (Lipinski definition) is 1. The number of aromatic nitrogens is 6. The van der Waals surface area contributed by atoms with Crippen LogP contribution in [0.15, 0.2) is 53.6 Å². The molecule has 0 aliphatic carbocycles. The Bertz CT molecular complexity index is 1470. The number of amides is 1. The van der Waals surface area contributed by atoms with Crippen LogP contribution in [-0.2, 0) is 19.0 Å². The Morgan fingerprint density at radius 1 is 1.12 bits per heavy atom. The zero-order chi connectivity index (χ0) is 24.0. The summed E-state index contributed by atoms with van der Waals surface area (Å²) >= 11 is 0. The van der Waals surface area contributed by atoms with Crippen LogP contribution < -0.4 is 10.9 Å². The summed E-state index contributed by atoms with van der Waals surface area (Å²) < 4.78 is 3.51. The Labute approximate surface area is 196 Å². The molecule has 4 aromatic heterocycles. The first-order chi connectivity index (χ1) is 16.2. The third-order valence-corrected chi connectivity index (χ3v) is 6.19. The van der Waals surface area contributed by atoms with E-state index in [0.29, 0.717) is 17.3 Å². The van der Waals surface area contributed by atoms with Crippen molar-refractivity contribution in [3.8, 4) is 22.6 Å². The van der Waals surface area contributed by atoms with Gasteiger partial charge in [0.05, 0.1) is 0 Å². The summed E-state index contributed by atoms with van der Waals surface area (Å²) in [6, 6.07) is 10.7. The molecule has 5 rings (SSSR count). The predicted octanol–water partition coefficient (Wildman–Crippen LogP) is 3.34. The lowest BCUT2D eigenvalue weighted by Crippen LogP contribution is -2.28. The number of pyridine rings is 3. The number of aryl methyl sites for hydroxylation is 3. The van der Waals surface area contributed by atoms with E-state index in [-0.39, 0.29) is 11.1 Å². The predicted molar refractivity (Wildman–Crippen MR) is 129 cm³/mol. The standard InChI is InChI=1S/C25H25N7O2/c1-15-8-9-16(13-26-15)17-12-18(24(34)31(4)14-17)23(33)28-20-7-5-6-19(27-20)22-30-29-21-10-11-25(2,3)32(21)22/h5-9,12-14H,10-11H2,1-4H3,(H,27,28,33). The maximum Gasteiger partial charge on any atom is 0.263 e. The van der Waals surface area contributed by atoms with E-state index < -0.39 is 11.5 Å². The van der Waals surface area contributed by atoms with Gasteiger partial charge < -0.3 is 14.5 Å². The zero-order valence-corrected chi connectivity index (χ0v) is 19.5. The van der Waals surface area contributed by atoms with Crippen LogP contribution in [0.25, 0.3) is 22.6 Å². The molecule has 172 valence electrons. The van der Waals surface area contributed by atoms with Gasteiger partial charge in [0.15, 0.2) is 5.82 Å². The second-order valence-corrected chi connectivity index (χ2v) is 9.20. The molecular weight excluding hydrogens is 430 g/mol. The minimum absolute atomic E-state index is 0.0253. The number of nitrogens with zero attached hydrogens (tertiary/aromatic N) is 6. The highest BCUT2D eigenvalue weighted by molar-refractivity contribution is 6.04. The quantitative estimate of drug-likeness (QED) is 0.506. The van der Waals surface area contributed by atoms with Crippen molar-refractivity contribution >= 4 is 11.7 Å². The molecule has 1 aliphatic heterocycles. The largest absolute Gasteiger partial charge is 0.317 e. The third kappa shape index (κ3) is 3.79. The fourth-order valence-electron chi connectivity index (χ4n) is 4.29. The second-order valence-electron chi connectivity index (χ2n) is 9.20. The van der Waals surface area contributed by atoms with E-state index in [0.717, 1.165) is 35.5 Å². The van der Waals surface area contributed by atoms with E-state index in [1.54, 1.807) is 37.6 Å². The summed E-state index contributed by atoms with van der Waals surface area (Å²) in [5, 5.41) is 11.4. The smallest absolute Gasteiger partial charge is 0.263 e. The molecule has 0 unspecified atom stereocenters. The lowest BCUT2D eigenvalue weighted by Gasteiger charge is -2.22. The van der Waals surface area contributed by atoms with Crippen LogP contribution in [0.4, 0.5) is 5.82 Å². The van der Waals surface area contributed by atoms with Crippen molar-refractivity contribution in [3.63, 3.8) is 0 Å². The summed E-state index contributed by atoms with van der Waals surface area (Å²) in [6.07, 6.45) is 5.27. The van der Waals surface area contributed by atoms with E-state index in [1.165, 1.54) is 4.57 Å². The first kappa shape index (κ1) is 21.7. The monoisotopic (exact) mass is 455 g/mol. The number of nitrogens with one attached hydrogen (secondary N) is 1. The van der Waals surface area contributed by atoms with E-state index in [4.69, 9.17) is 0 Å². The Hall–Kier alpha value is -4.14. The van der Waals surface area contributed by atoms with Crippen LogP contribution in [-0.4, -0.2) is 35.2 Å². The molecule has 4 aromatic rings. The SMILES string of the molecule is Cc1ccc(-c2cc(C(=O)Nc3cccc(-c4nnc5n4C(C)(C)CC5)n3)c(=O)n(C)c2)cn1. The van der Waals surface area contributed by atoms with Gasteiger partial charge in [0.2, 0.25) is 0 Å². The van der Waals surface area contributed by atoms with Crippen molar-refractivity contribution in [3.05, 3.63) is 76.2 Å². The van der Waals surface area contributed by atoms with Crippen LogP contribution in [0.1, 0.15) is 42.1 Å². The molecule has 1 amide bonds. The third-order valence-electron chi connectivity index (χ3n) is 6.19. The van der Waals surface area contributed by atoms with Crippen molar-refractivity contribution in [1.29, 1.82) is 0 Å². The Kier molecular flexibility index (Phi) is 5.11. The Morgan fingerprint density at radius 3 is 2.71 bits per heavy atom. The second kappa shape index (κ2) is 8.02. The maximum absolute atomic E-state index is 13.1. The van der Waals surface area contributed by atoms with Crippen molar-refractivity contribution in [2.45, 2.75) is 39.2 Å². The lowest BCUT2D eigenvalue weighted by atomic mass is 10.0. The molecule has 0 radical (unpaired) electrons. The molecule has 9 heteroatoms. The van der Waals surface area contributed by atoms with Gasteiger partial charge in [-0.1, -0.05) is 12.1 Å². The van der Waals surface area contributed by atoms with Crippen molar-refractivity contribution in [2.75, 3.05) is 5.32 Å².